The van der Waals surface area contributed by atoms with Gasteiger partial charge in [-0.3, -0.25) is 15.1 Å². The van der Waals surface area contributed by atoms with Crippen molar-refractivity contribution in [2.45, 2.75) is 11.8 Å². The number of thioether (sulfide) groups is 1. The molecule has 0 saturated carbocycles. The number of anilines is 1. The van der Waals surface area contributed by atoms with Crippen LogP contribution in [0.5, 0.6) is 5.75 Å². The Morgan fingerprint density at radius 1 is 1.30 bits per heavy atom. The first-order valence-corrected chi connectivity index (χ1v) is 9.99. The predicted octanol–water partition coefficient (Wildman–Crippen LogP) is 3.62. The zero-order valence-corrected chi connectivity index (χ0v) is 16.9. The highest BCUT2D eigenvalue weighted by Crippen LogP contribution is 2.28. The molecule has 1 amide bonds. The van der Waals surface area contributed by atoms with Crippen molar-refractivity contribution in [3.63, 3.8) is 0 Å². The first-order chi connectivity index (χ1) is 13.1. The monoisotopic (exact) mass is 403 g/mol. The Balaban J connectivity index is 1.68. The van der Waals surface area contributed by atoms with Gasteiger partial charge in [0, 0.05) is 19.3 Å². The molecular weight excluding hydrogens is 382 g/mol. The number of halogens is 1. The normalized spacial score (nSPS) is 17.9. The third kappa shape index (κ3) is 4.83. The highest BCUT2D eigenvalue weighted by molar-refractivity contribution is 8.13. The van der Waals surface area contributed by atoms with E-state index in [2.05, 4.69) is 10.3 Å². The highest BCUT2D eigenvalue weighted by Gasteiger charge is 2.30. The molecule has 1 heterocycles. The molecule has 0 radical (unpaired) electrons. The molecule has 2 aromatic carbocycles. The van der Waals surface area contributed by atoms with Crippen molar-refractivity contribution in [3.8, 4) is 5.75 Å². The van der Waals surface area contributed by atoms with Crippen LogP contribution in [0.4, 0.5) is 5.69 Å². The van der Waals surface area contributed by atoms with Crippen LogP contribution in [0.15, 0.2) is 53.5 Å². The molecule has 0 aromatic heterocycles. The minimum absolute atomic E-state index is 0.00922. The van der Waals surface area contributed by atoms with Gasteiger partial charge in [0.15, 0.2) is 0 Å². The fourth-order valence-electron chi connectivity index (χ4n) is 2.92. The van der Waals surface area contributed by atoms with Gasteiger partial charge >= 0.3 is 0 Å². The molecule has 1 unspecified atom stereocenters. The van der Waals surface area contributed by atoms with Crippen molar-refractivity contribution in [1.82, 2.24) is 5.32 Å². The molecule has 3 rings (SSSR count). The lowest BCUT2D eigenvalue weighted by Crippen LogP contribution is -2.56. The van der Waals surface area contributed by atoms with Gasteiger partial charge in [-0.15, -0.1) is 11.8 Å². The number of piperazine rings is 1. The van der Waals surface area contributed by atoms with Crippen LogP contribution >= 0.6 is 23.4 Å². The molecule has 0 bridgehead atoms. The highest BCUT2D eigenvalue weighted by atomic mass is 35.5. The van der Waals surface area contributed by atoms with Crippen molar-refractivity contribution in [3.05, 3.63) is 59.1 Å². The molecule has 1 N–H and O–H groups in total. The lowest BCUT2D eigenvalue weighted by atomic mass is 10.2. The lowest BCUT2D eigenvalue weighted by molar-refractivity contribution is -0.118. The summed E-state index contributed by atoms with van der Waals surface area (Å²) in [5.74, 6) is 1.65. The van der Waals surface area contributed by atoms with E-state index in [-0.39, 0.29) is 18.5 Å². The van der Waals surface area contributed by atoms with Crippen molar-refractivity contribution < 1.29 is 9.53 Å². The van der Waals surface area contributed by atoms with Crippen molar-refractivity contribution in [2.24, 2.45) is 4.99 Å². The first kappa shape index (κ1) is 19.7. The van der Waals surface area contributed by atoms with E-state index in [1.54, 1.807) is 36.9 Å². The second-order valence-corrected chi connectivity index (χ2v) is 7.49. The SMILES string of the molecule is C/N=C(/SCc1ccc(OC)cc1)C1CN(c2ccccc2Cl)C(=O)CN1. The maximum absolute atomic E-state index is 12.4. The minimum Gasteiger partial charge on any atom is -0.497 e. The fourth-order valence-corrected chi connectivity index (χ4v) is 4.16. The summed E-state index contributed by atoms with van der Waals surface area (Å²) in [6, 6.07) is 15.4. The maximum atomic E-state index is 12.4. The number of hydrogen-bond acceptors (Lipinski definition) is 5. The third-order valence-electron chi connectivity index (χ3n) is 4.37. The fraction of sp³-hybridized carbons (Fsp3) is 0.300. The number of nitrogens with one attached hydrogen (secondary N) is 1. The van der Waals surface area contributed by atoms with E-state index in [4.69, 9.17) is 16.3 Å². The number of rotatable bonds is 5. The van der Waals surface area contributed by atoms with Gasteiger partial charge in [0.05, 0.1) is 35.5 Å². The Morgan fingerprint density at radius 2 is 2.04 bits per heavy atom. The summed E-state index contributed by atoms with van der Waals surface area (Å²) in [7, 11) is 3.45. The van der Waals surface area contributed by atoms with Crippen LogP contribution in [0.3, 0.4) is 0 Å². The average Bonchev–Trinajstić information content (AvgIpc) is 2.70. The van der Waals surface area contributed by atoms with Crippen LogP contribution in [0, 0.1) is 0 Å². The summed E-state index contributed by atoms with van der Waals surface area (Å²) in [6.45, 7) is 0.767. The van der Waals surface area contributed by atoms with Gasteiger partial charge in [0.25, 0.3) is 0 Å². The predicted molar refractivity (Wildman–Crippen MR) is 113 cm³/mol. The Kier molecular flexibility index (Phi) is 6.77. The van der Waals surface area contributed by atoms with Gasteiger partial charge in [0.1, 0.15) is 5.75 Å². The topological polar surface area (TPSA) is 53.9 Å². The molecule has 1 fully saturated rings. The number of ether oxygens (including phenoxy) is 1. The van der Waals surface area contributed by atoms with Crippen molar-refractivity contribution in [1.29, 1.82) is 0 Å². The van der Waals surface area contributed by atoms with E-state index in [1.165, 1.54) is 5.56 Å². The Morgan fingerprint density at radius 3 is 2.70 bits per heavy atom. The second-order valence-electron chi connectivity index (χ2n) is 6.09. The van der Waals surface area contributed by atoms with E-state index in [1.807, 2.05) is 42.5 Å². The summed E-state index contributed by atoms with van der Waals surface area (Å²) >= 11 is 7.96. The van der Waals surface area contributed by atoms with Crippen molar-refractivity contribution >= 4 is 40.0 Å². The van der Waals surface area contributed by atoms with E-state index < -0.39 is 0 Å². The molecule has 1 aliphatic rings. The summed E-state index contributed by atoms with van der Waals surface area (Å²) in [5, 5.41) is 4.83. The molecule has 1 atom stereocenters. The van der Waals surface area contributed by atoms with Gasteiger partial charge < -0.3 is 9.64 Å². The van der Waals surface area contributed by atoms with Crippen LogP contribution < -0.4 is 15.0 Å². The Bertz CT molecular complexity index is 826. The van der Waals surface area contributed by atoms with Crippen LogP contribution in [-0.4, -0.2) is 44.2 Å². The van der Waals surface area contributed by atoms with Gasteiger partial charge in [-0.1, -0.05) is 35.9 Å². The minimum atomic E-state index is -0.0211. The molecular formula is C20H22ClN3O2S. The summed E-state index contributed by atoms with van der Waals surface area (Å²) in [5.41, 5.74) is 1.93. The van der Waals surface area contributed by atoms with E-state index in [9.17, 15) is 4.79 Å². The average molecular weight is 404 g/mol. The molecule has 142 valence electrons. The van der Waals surface area contributed by atoms with Gasteiger partial charge in [-0.2, -0.15) is 0 Å². The lowest BCUT2D eigenvalue weighted by Gasteiger charge is -2.34. The Labute approximate surface area is 168 Å². The number of nitrogens with zero attached hydrogens (tertiary/aromatic N) is 2. The number of aliphatic imine (C=N–C) groups is 1. The number of benzene rings is 2. The Hall–Kier alpha value is -2.02. The quantitative estimate of drug-likeness (QED) is 0.612. The van der Waals surface area contributed by atoms with Crippen LogP contribution in [-0.2, 0) is 10.5 Å². The van der Waals surface area contributed by atoms with Crippen molar-refractivity contribution in [2.75, 3.05) is 32.1 Å². The third-order valence-corrected chi connectivity index (χ3v) is 5.93. The second kappa shape index (κ2) is 9.26. The molecule has 0 spiro atoms. The van der Waals surface area contributed by atoms with E-state index in [0.717, 1.165) is 22.2 Å². The summed E-state index contributed by atoms with van der Waals surface area (Å²) in [6.07, 6.45) is 0. The maximum Gasteiger partial charge on any atom is 0.241 e. The standard InChI is InChI=1S/C20H22ClN3O2S/c1-22-20(27-13-14-7-9-15(26-2)10-8-14)17-12-24(19(25)11-23-17)18-6-4-3-5-16(18)21/h3-10,17,23H,11-13H2,1-2H3/b22-20+. The van der Waals surface area contributed by atoms with E-state index in [0.29, 0.717) is 11.6 Å². The number of amides is 1. The summed E-state index contributed by atoms with van der Waals surface area (Å²) in [4.78, 5) is 18.6. The largest absolute Gasteiger partial charge is 0.497 e. The van der Waals surface area contributed by atoms with Gasteiger partial charge in [0.2, 0.25) is 5.91 Å². The number of hydrogen-bond donors (Lipinski definition) is 1. The number of carbonyl (C=O) groups is 1. The van der Waals surface area contributed by atoms with Crippen LogP contribution in [0.25, 0.3) is 0 Å². The summed E-state index contributed by atoms with van der Waals surface area (Å²) < 4.78 is 5.20. The number of para-hydroxylation sites is 1. The molecule has 7 heteroatoms. The molecule has 1 saturated heterocycles. The first-order valence-electron chi connectivity index (χ1n) is 8.63. The van der Waals surface area contributed by atoms with Gasteiger partial charge in [-0.05, 0) is 29.8 Å². The van der Waals surface area contributed by atoms with E-state index >= 15 is 0 Å². The smallest absolute Gasteiger partial charge is 0.241 e. The number of carbonyl (C=O) groups excluding carboxylic acids is 1. The molecule has 27 heavy (non-hydrogen) atoms. The molecule has 5 nitrogen and oxygen atoms in total. The molecule has 2 aromatic rings. The molecule has 0 aliphatic carbocycles. The van der Waals surface area contributed by atoms with Gasteiger partial charge in [-0.25, -0.2) is 0 Å². The van der Waals surface area contributed by atoms with Crippen LogP contribution in [0.1, 0.15) is 5.56 Å². The molecule has 1 aliphatic heterocycles. The number of methoxy groups -OCH3 is 1. The zero-order valence-electron chi connectivity index (χ0n) is 15.3. The van der Waals surface area contributed by atoms with Crippen LogP contribution in [0.2, 0.25) is 5.02 Å². The zero-order chi connectivity index (χ0) is 19.2.